The Balaban J connectivity index is 1.48. The monoisotopic (exact) mass is 508 g/mol. The van der Waals surface area contributed by atoms with Crippen LogP contribution in [0.3, 0.4) is 0 Å². The van der Waals surface area contributed by atoms with Crippen molar-refractivity contribution in [3.63, 3.8) is 0 Å². The lowest BCUT2D eigenvalue weighted by molar-refractivity contribution is -0.137. The van der Waals surface area contributed by atoms with Crippen LogP contribution in [0.2, 0.25) is 0 Å². The van der Waals surface area contributed by atoms with Gasteiger partial charge in [0.2, 0.25) is 5.95 Å². The van der Waals surface area contributed by atoms with Gasteiger partial charge < -0.3 is 10.4 Å². The van der Waals surface area contributed by atoms with Gasteiger partial charge in [-0.15, -0.1) is 5.10 Å². The van der Waals surface area contributed by atoms with E-state index in [4.69, 9.17) is 4.98 Å². The number of nitrogens with zero attached hydrogens (tertiary/aromatic N) is 7. The normalized spacial score (nSPS) is 14.1. The van der Waals surface area contributed by atoms with E-state index in [1.165, 1.54) is 0 Å². The molecule has 1 fully saturated rings. The summed E-state index contributed by atoms with van der Waals surface area (Å²) in [5.74, 6) is -0.562. The highest BCUT2D eigenvalue weighted by atomic mass is 16.4. The Labute approximate surface area is 220 Å². The maximum atomic E-state index is 11.4. The summed E-state index contributed by atoms with van der Waals surface area (Å²) in [6, 6.07) is 17.1. The fourth-order valence-electron chi connectivity index (χ4n) is 4.20. The van der Waals surface area contributed by atoms with Crippen molar-refractivity contribution in [3.05, 3.63) is 71.7 Å². The van der Waals surface area contributed by atoms with Gasteiger partial charge in [-0.05, 0) is 43.2 Å². The summed E-state index contributed by atoms with van der Waals surface area (Å²) in [5, 5.41) is 30.6. The maximum Gasteiger partial charge on any atom is 0.305 e. The molecular weight excluding hydrogens is 480 g/mol. The number of aliphatic carboxylic acids is 1. The van der Waals surface area contributed by atoms with Gasteiger partial charge in [-0.1, -0.05) is 44.2 Å². The van der Waals surface area contributed by atoms with Crippen LogP contribution >= 0.6 is 0 Å². The van der Waals surface area contributed by atoms with Crippen molar-refractivity contribution in [2.24, 2.45) is 0 Å². The molecular formula is C28H28N8O2. The molecule has 1 aliphatic rings. The number of rotatable bonds is 8. The first-order valence-electron chi connectivity index (χ1n) is 12.4. The lowest BCUT2D eigenvalue weighted by Crippen LogP contribution is -2.26. The molecule has 0 aliphatic heterocycles. The van der Waals surface area contributed by atoms with E-state index in [0.29, 0.717) is 35.1 Å². The zero-order valence-electron chi connectivity index (χ0n) is 21.5. The second-order valence-electron chi connectivity index (χ2n) is 10.7. The molecule has 3 aromatic heterocycles. The second kappa shape index (κ2) is 9.67. The Kier molecular flexibility index (Phi) is 6.36. The minimum absolute atomic E-state index is 0.0172. The number of nitrogens with one attached hydrogen (secondary N) is 1. The van der Waals surface area contributed by atoms with Crippen LogP contribution < -0.4 is 5.32 Å². The Morgan fingerprint density at radius 1 is 1.08 bits per heavy atom. The molecule has 1 aromatic carbocycles. The van der Waals surface area contributed by atoms with E-state index in [2.05, 4.69) is 52.4 Å². The quantitative estimate of drug-likeness (QED) is 0.353. The van der Waals surface area contributed by atoms with Crippen molar-refractivity contribution in [1.29, 1.82) is 5.26 Å². The molecule has 4 aromatic rings. The summed E-state index contributed by atoms with van der Waals surface area (Å²) in [6.07, 6.45) is 3.24. The predicted octanol–water partition coefficient (Wildman–Crippen LogP) is 4.43. The van der Waals surface area contributed by atoms with E-state index in [-0.39, 0.29) is 11.8 Å². The van der Waals surface area contributed by atoms with Crippen LogP contribution in [0.4, 0.5) is 5.95 Å². The molecule has 0 spiro atoms. The fraction of sp³-hybridized carbons (Fsp3) is 0.321. The number of hydrogen-bond acceptors (Lipinski definition) is 8. The fourth-order valence-corrected chi connectivity index (χ4v) is 4.20. The van der Waals surface area contributed by atoms with Gasteiger partial charge in [-0.3, -0.25) is 9.78 Å². The topological polar surface area (TPSA) is 142 Å². The average molecular weight is 509 g/mol. The molecule has 0 amide bonds. The second-order valence-corrected chi connectivity index (χ2v) is 10.7. The SMILES string of the molecule is CC(C)(C)c1cccc(Cn2cc(-c3cc(-c4cccc(C#N)c4)nc(NC4(CC(=O)O)CC4)n3)nn2)n1. The van der Waals surface area contributed by atoms with Gasteiger partial charge in [-0.2, -0.15) is 5.26 Å². The first kappa shape index (κ1) is 25.0. The van der Waals surface area contributed by atoms with Gasteiger partial charge in [0.1, 0.15) is 5.69 Å². The van der Waals surface area contributed by atoms with E-state index in [1.54, 1.807) is 35.1 Å². The summed E-state index contributed by atoms with van der Waals surface area (Å²) in [6.45, 7) is 6.82. The zero-order valence-corrected chi connectivity index (χ0v) is 21.5. The summed E-state index contributed by atoms with van der Waals surface area (Å²) in [5.41, 5.74) is 4.18. The van der Waals surface area contributed by atoms with Crippen LogP contribution in [-0.4, -0.2) is 46.6 Å². The molecule has 0 bridgehead atoms. The van der Waals surface area contributed by atoms with Crippen molar-refractivity contribution in [2.45, 2.75) is 57.5 Å². The molecule has 0 saturated heterocycles. The number of carboxylic acids is 1. The van der Waals surface area contributed by atoms with Gasteiger partial charge in [0.05, 0.1) is 53.4 Å². The maximum absolute atomic E-state index is 11.4. The van der Waals surface area contributed by atoms with Crippen LogP contribution in [0.15, 0.2) is 54.7 Å². The molecule has 192 valence electrons. The Morgan fingerprint density at radius 2 is 1.84 bits per heavy atom. The van der Waals surface area contributed by atoms with Gasteiger partial charge in [-0.25, -0.2) is 14.6 Å². The number of aromatic nitrogens is 6. The van der Waals surface area contributed by atoms with Crippen molar-refractivity contribution in [1.82, 2.24) is 29.9 Å². The Morgan fingerprint density at radius 3 is 2.55 bits per heavy atom. The molecule has 0 radical (unpaired) electrons. The first-order valence-corrected chi connectivity index (χ1v) is 12.4. The predicted molar refractivity (Wildman–Crippen MR) is 141 cm³/mol. The number of hydrogen-bond donors (Lipinski definition) is 2. The molecule has 10 nitrogen and oxygen atoms in total. The third kappa shape index (κ3) is 5.67. The number of benzene rings is 1. The average Bonchev–Trinajstić information content (AvgIpc) is 3.45. The Bertz CT molecular complexity index is 1540. The van der Waals surface area contributed by atoms with Crippen LogP contribution in [-0.2, 0) is 16.8 Å². The number of carboxylic acid groups (broad SMARTS) is 1. The standard InChI is InChI=1S/C28H28N8O2/c1-27(2,3)24-9-5-8-20(30-24)16-36-17-23(34-35-36)22-13-21(19-7-4-6-18(12-19)15-29)31-26(32-22)33-28(10-11-28)14-25(37)38/h4-9,12-13,17H,10-11,14,16H2,1-3H3,(H,37,38)(H,31,32,33). The van der Waals surface area contributed by atoms with E-state index >= 15 is 0 Å². The third-order valence-corrected chi connectivity index (χ3v) is 6.43. The largest absolute Gasteiger partial charge is 0.481 e. The third-order valence-electron chi connectivity index (χ3n) is 6.43. The molecule has 3 heterocycles. The number of pyridine rings is 1. The summed E-state index contributed by atoms with van der Waals surface area (Å²) in [4.78, 5) is 25.5. The van der Waals surface area contributed by atoms with Gasteiger partial charge in [0.15, 0.2) is 0 Å². The van der Waals surface area contributed by atoms with Crippen molar-refractivity contribution < 1.29 is 9.90 Å². The van der Waals surface area contributed by atoms with Crippen molar-refractivity contribution in [3.8, 4) is 28.7 Å². The minimum atomic E-state index is -0.875. The Hall–Kier alpha value is -4.65. The smallest absolute Gasteiger partial charge is 0.305 e. The van der Waals surface area contributed by atoms with Crippen LogP contribution in [0.5, 0.6) is 0 Å². The molecule has 0 unspecified atom stereocenters. The molecule has 5 rings (SSSR count). The highest BCUT2D eigenvalue weighted by Gasteiger charge is 2.45. The lowest BCUT2D eigenvalue weighted by atomic mass is 9.91. The molecule has 0 atom stereocenters. The molecule has 1 aliphatic carbocycles. The highest BCUT2D eigenvalue weighted by Crippen LogP contribution is 2.41. The van der Waals surface area contributed by atoms with Crippen molar-refractivity contribution in [2.75, 3.05) is 5.32 Å². The minimum Gasteiger partial charge on any atom is -0.481 e. The van der Waals surface area contributed by atoms with Crippen molar-refractivity contribution >= 4 is 11.9 Å². The van der Waals surface area contributed by atoms with E-state index < -0.39 is 11.5 Å². The van der Waals surface area contributed by atoms with Gasteiger partial charge in [0, 0.05) is 16.7 Å². The first-order chi connectivity index (χ1) is 18.1. The van der Waals surface area contributed by atoms with Crippen LogP contribution in [0.25, 0.3) is 22.6 Å². The number of carbonyl (C=O) groups is 1. The van der Waals surface area contributed by atoms with Crippen LogP contribution in [0, 0.1) is 11.3 Å². The number of anilines is 1. The summed E-state index contributed by atoms with van der Waals surface area (Å²) < 4.78 is 1.71. The molecule has 38 heavy (non-hydrogen) atoms. The summed E-state index contributed by atoms with van der Waals surface area (Å²) in [7, 11) is 0. The molecule has 2 N–H and O–H groups in total. The van der Waals surface area contributed by atoms with E-state index in [9.17, 15) is 15.2 Å². The lowest BCUT2D eigenvalue weighted by Gasteiger charge is -2.18. The molecule has 1 saturated carbocycles. The highest BCUT2D eigenvalue weighted by molar-refractivity contribution is 5.71. The van der Waals surface area contributed by atoms with E-state index in [1.807, 2.05) is 24.3 Å². The van der Waals surface area contributed by atoms with Crippen LogP contribution in [0.1, 0.15) is 57.0 Å². The zero-order chi connectivity index (χ0) is 26.9. The molecule has 10 heteroatoms. The van der Waals surface area contributed by atoms with E-state index in [0.717, 1.165) is 29.8 Å². The summed E-state index contributed by atoms with van der Waals surface area (Å²) >= 11 is 0. The van der Waals surface area contributed by atoms with Gasteiger partial charge in [0.25, 0.3) is 0 Å². The number of nitriles is 1. The van der Waals surface area contributed by atoms with Gasteiger partial charge >= 0.3 is 5.97 Å².